The highest BCUT2D eigenvalue weighted by Crippen LogP contribution is 2.25. The van der Waals surface area contributed by atoms with Gasteiger partial charge in [-0.1, -0.05) is 12.2 Å². The van der Waals surface area contributed by atoms with E-state index in [1.165, 1.54) is 0 Å². The van der Waals surface area contributed by atoms with Gasteiger partial charge in [0.1, 0.15) is 5.92 Å². The quantitative estimate of drug-likeness (QED) is 0.759. The molecule has 0 aromatic heterocycles. The van der Waals surface area contributed by atoms with Gasteiger partial charge in [-0.25, -0.2) is 0 Å². The molecule has 3 unspecified atom stereocenters. The number of aliphatic carboxylic acids is 1. The summed E-state index contributed by atoms with van der Waals surface area (Å²) < 4.78 is 5.20. The van der Waals surface area contributed by atoms with E-state index in [9.17, 15) is 9.59 Å². The fraction of sp³-hybridized carbons (Fsp3) is 0.692. The normalized spacial score (nSPS) is 31.3. The van der Waals surface area contributed by atoms with Gasteiger partial charge in [-0.15, -0.1) is 0 Å². The molecule has 1 aliphatic heterocycles. The third kappa shape index (κ3) is 2.56. The Morgan fingerprint density at radius 2 is 2.11 bits per heavy atom. The lowest BCUT2D eigenvalue weighted by Crippen LogP contribution is -2.46. The second-order valence-corrected chi connectivity index (χ2v) is 4.98. The van der Waals surface area contributed by atoms with Gasteiger partial charge in [-0.05, 0) is 19.3 Å². The smallest absolute Gasteiger partial charge is 0.311 e. The molecule has 5 heteroatoms. The van der Waals surface area contributed by atoms with Crippen molar-refractivity contribution in [1.82, 2.24) is 4.90 Å². The number of nitrogens with zero attached hydrogens (tertiary/aromatic N) is 1. The van der Waals surface area contributed by atoms with Crippen LogP contribution in [0.4, 0.5) is 0 Å². The summed E-state index contributed by atoms with van der Waals surface area (Å²) in [4.78, 5) is 25.0. The zero-order valence-electron chi connectivity index (χ0n) is 10.5. The highest BCUT2D eigenvalue weighted by Gasteiger charge is 2.39. The van der Waals surface area contributed by atoms with E-state index < -0.39 is 11.9 Å². The van der Waals surface area contributed by atoms with Gasteiger partial charge in [0.25, 0.3) is 0 Å². The van der Waals surface area contributed by atoms with Gasteiger partial charge in [-0.2, -0.15) is 0 Å². The minimum Gasteiger partial charge on any atom is -0.481 e. The summed E-state index contributed by atoms with van der Waals surface area (Å²) >= 11 is 0. The molecule has 1 N–H and O–H groups in total. The molecule has 0 saturated carbocycles. The molecule has 1 aliphatic carbocycles. The first kappa shape index (κ1) is 13.1. The summed E-state index contributed by atoms with van der Waals surface area (Å²) in [5.41, 5.74) is 0. The second-order valence-electron chi connectivity index (χ2n) is 4.98. The van der Waals surface area contributed by atoms with Crippen LogP contribution in [0, 0.1) is 11.8 Å². The van der Waals surface area contributed by atoms with Crippen molar-refractivity contribution in [1.29, 1.82) is 0 Å². The summed E-state index contributed by atoms with van der Waals surface area (Å²) in [5, 5.41) is 9.10. The average molecular weight is 253 g/mol. The van der Waals surface area contributed by atoms with Crippen LogP contribution in [0.5, 0.6) is 0 Å². The van der Waals surface area contributed by atoms with Crippen LogP contribution in [0.15, 0.2) is 12.2 Å². The monoisotopic (exact) mass is 253 g/mol. The molecule has 3 atom stereocenters. The van der Waals surface area contributed by atoms with Crippen LogP contribution >= 0.6 is 0 Å². The number of carbonyl (C=O) groups excluding carboxylic acids is 1. The maximum absolute atomic E-state index is 12.3. The van der Waals surface area contributed by atoms with Gasteiger partial charge in [0, 0.05) is 13.0 Å². The number of hydrogen-bond acceptors (Lipinski definition) is 3. The van der Waals surface area contributed by atoms with E-state index in [0.29, 0.717) is 6.61 Å². The molecule has 1 fully saturated rings. The number of hydrogen-bond donors (Lipinski definition) is 1. The number of rotatable bonds is 3. The number of carboxylic acids is 1. The first-order valence-electron chi connectivity index (χ1n) is 6.33. The van der Waals surface area contributed by atoms with Gasteiger partial charge < -0.3 is 14.7 Å². The van der Waals surface area contributed by atoms with E-state index in [1.807, 2.05) is 6.08 Å². The number of carbonyl (C=O) groups is 2. The highest BCUT2D eigenvalue weighted by atomic mass is 16.5. The Morgan fingerprint density at radius 3 is 2.72 bits per heavy atom. The minimum absolute atomic E-state index is 0.00459. The number of carboxylic acid groups (broad SMARTS) is 1. The van der Waals surface area contributed by atoms with Gasteiger partial charge in [0.15, 0.2) is 0 Å². The summed E-state index contributed by atoms with van der Waals surface area (Å²) in [5.74, 6) is -1.45. The van der Waals surface area contributed by atoms with E-state index in [-0.39, 0.29) is 24.5 Å². The van der Waals surface area contributed by atoms with Gasteiger partial charge in [0.2, 0.25) is 5.91 Å². The van der Waals surface area contributed by atoms with Crippen LogP contribution in [0.3, 0.4) is 0 Å². The van der Waals surface area contributed by atoms with E-state index in [1.54, 1.807) is 11.9 Å². The Kier molecular flexibility index (Phi) is 4.01. The molecule has 100 valence electrons. The third-order valence-electron chi connectivity index (χ3n) is 3.83. The first-order valence-corrected chi connectivity index (χ1v) is 6.33. The van der Waals surface area contributed by atoms with Gasteiger partial charge in [0.05, 0.1) is 19.3 Å². The topological polar surface area (TPSA) is 66.8 Å². The van der Waals surface area contributed by atoms with Crippen molar-refractivity contribution in [2.45, 2.75) is 25.3 Å². The fourth-order valence-corrected chi connectivity index (χ4v) is 2.63. The molecule has 2 aliphatic rings. The summed E-state index contributed by atoms with van der Waals surface area (Å²) in [7, 11) is 1.69. The lowest BCUT2D eigenvalue weighted by Gasteiger charge is -2.30. The minimum atomic E-state index is -0.888. The Labute approximate surface area is 106 Å². The highest BCUT2D eigenvalue weighted by molar-refractivity contribution is 5.80. The van der Waals surface area contributed by atoms with Crippen LogP contribution in [-0.4, -0.2) is 48.2 Å². The predicted molar refractivity (Wildman–Crippen MR) is 65.0 cm³/mol. The van der Waals surface area contributed by atoms with Crippen LogP contribution in [-0.2, 0) is 14.3 Å². The molecule has 18 heavy (non-hydrogen) atoms. The summed E-state index contributed by atoms with van der Waals surface area (Å²) in [6.45, 7) is 0.518. The van der Waals surface area contributed by atoms with E-state index >= 15 is 0 Å². The Bertz CT molecular complexity index is 366. The maximum atomic E-state index is 12.3. The van der Waals surface area contributed by atoms with Crippen LogP contribution < -0.4 is 0 Å². The average Bonchev–Trinajstić information content (AvgIpc) is 2.87. The van der Waals surface area contributed by atoms with Crippen molar-refractivity contribution >= 4 is 11.9 Å². The lowest BCUT2D eigenvalue weighted by molar-refractivity contribution is -0.145. The zero-order valence-corrected chi connectivity index (χ0v) is 10.5. The number of amides is 1. The van der Waals surface area contributed by atoms with Crippen LogP contribution in [0.25, 0.3) is 0 Å². The molecule has 5 nitrogen and oxygen atoms in total. The van der Waals surface area contributed by atoms with E-state index in [2.05, 4.69) is 6.08 Å². The molecule has 0 bridgehead atoms. The van der Waals surface area contributed by atoms with Crippen LogP contribution in [0.1, 0.15) is 19.3 Å². The summed E-state index contributed by atoms with van der Waals surface area (Å²) in [6, 6.07) is -0.332. The molecule has 1 heterocycles. The number of ether oxygens (including phenoxy) is 1. The van der Waals surface area contributed by atoms with Crippen molar-refractivity contribution in [3.63, 3.8) is 0 Å². The molecular weight excluding hydrogens is 234 g/mol. The SMILES string of the molecule is CN(C(=O)C1CC=CCC1)C1COCC1C(=O)O. The predicted octanol–water partition coefficient (Wildman–Crippen LogP) is 0.901. The summed E-state index contributed by atoms with van der Waals surface area (Å²) in [6.07, 6.45) is 6.65. The Hall–Kier alpha value is -1.36. The Balaban J connectivity index is 2.01. The van der Waals surface area contributed by atoms with Crippen molar-refractivity contribution < 1.29 is 19.4 Å². The van der Waals surface area contributed by atoms with E-state index in [4.69, 9.17) is 9.84 Å². The molecule has 0 radical (unpaired) electrons. The first-order chi connectivity index (χ1) is 8.61. The fourth-order valence-electron chi connectivity index (χ4n) is 2.63. The molecule has 0 aromatic rings. The van der Waals surface area contributed by atoms with Crippen LogP contribution in [0.2, 0.25) is 0 Å². The zero-order chi connectivity index (χ0) is 13.1. The third-order valence-corrected chi connectivity index (χ3v) is 3.83. The molecular formula is C13H19NO4. The number of likely N-dealkylation sites (N-methyl/N-ethyl adjacent to an activating group) is 1. The maximum Gasteiger partial charge on any atom is 0.311 e. The molecule has 0 aromatic carbocycles. The molecule has 1 saturated heterocycles. The van der Waals surface area contributed by atoms with Crippen molar-refractivity contribution in [3.05, 3.63) is 12.2 Å². The number of allylic oxidation sites excluding steroid dienone is 2. The van der Waals surface area contributed by atoms with Gasteiger partial charge >= 0.3 is 5.97 Å². The van der Waals surface area contributed by atoms with Crippen molar-refractivity contribution in [3.8, 4) is 0 Å². The standard InChI is InChI=1S/C13H19NO4/c1-14(11-8-18-7-10(11)13(16)17)12(15)9-5-3-2-4-6-9/h2-3,9-11H,4-8H2,1H3,(H,16,17). The molecule has 1 amide bonds. The van der Waals surface area contributed by atoms with Crippen molar-refractivity contribution in [2.75, 3.05) is 20.3 Å². The lowest BCUT2D eigenvalue weighted by atomic mass is 9.92. The molecule has 0 spiro atoms. The Morgan fingerprint density at radius 1 is 1.33 bits per heavy atom. The van der Waals surface area contributed by atoms with Gasteiger partial charge in [-0.3, -0.25) is 9.59 Å². The largest absolute Gasteiger partial charge is 0.481 e. The van der Waals surface area contributed by atoms with Crippen molar-refractivity contribution in [2.24, 2.45) is 11.8 Å². The molecule has 2 rings (SSSR count). The second kappa shape index (κ2) is 5.52. The van der Waals surface area contributed by atoms with E-state index in [0.717, 1.165) is 19.3 Å².